The first kappa shape index (κ1) is 47.9. The number of aldehydes is 1. The zero-order valence-corrected chi connectivity index (χ0v) is 38.2. The summed E-state index contributed by atoms with van der Waals surface area (Å²) in [5, 5.41) is 23.3. The van der Waals surface area contributed by atoms with Crippen LogP contribution in [0.4, 0.5) is 25.0 Å². The number of amides is 4. The molecule has 1 atom stereocenters. The van der Waals surface area contributed by atoms with Gasteiger partial charge < -0.3 is 34.2 Å². The van der Waals surface area contributed by atoms with Gasteiger partial charge in [0.25, 0.3) is 5.91 Å². The predicted molar refractivity (Wildman–Crippen MR) is 249 cm³/mol. The Morgan fingerprint density at radius 1 is 1.00 bits per heavy atom. The van der Waals surface area contributed by atoms with E-state index in [9.17, 15) is 24.4 Å². The number of piperidine rings is 2. The van der Waals surface area contributed by atoms with Crippen molar-refractivity contribution in [1.82, 2.24) is 20.0 Å². The first-order valence-electron chi connectivity index (χ1n) is 22.5. The van der Waals surface area contributed by atoms with Gasteiger partial charge in [-0.15, -0.1) is 0 Å². The van der Waals surface area contributed by atoms with Crippen molar-refractivity contribution in [2.75, 3.05) is 77.3 Å². The van der Waals surface area contributed by atoms with Crippen LogP contribution in [0.25, 0.3) is 0 Å². The third-order valence-electron chi connectivity index (χ3n) is 13.0. The number of carbonyl (C=O) groups excluding carboxylic acids is 4. The topological polar surface area (TPSA) is 181 Å². The third-order valence-corrected chi connectivity index (χ3v) is 13.0. The van der Waals surface area contributed by atoms with Crippen molar-refractivity contribution >= 4 is 41.3 Å². The van der Waals surface area contributed by atoms with Crippen LogP contribution in [0.2, 0.25) is 0 Å². The SMILES string of the molecule is CCOc1cc(C(CC#N)N(C)C(=O)c2ccc(N3CCC(F)(CN4CCC(c5ccc(Oc6cc(NC)c(C(=N)N7CCC(=O)NC7=O)cc6F)cc5)CC4)CC3)cc2C=O)ccc1OC. The van der Waals surface area contributed by atoms with Crippen LogP contribution in [-0.4, -0.2) is 117 Å². The number of alkyl halides is 1. The number of nitrogens with zero attached hydrogens (tertiary/aromatic N) is 5. The first-order valence-corrected chi connectivity index (χ1v) is 22.5. The van der Waals surface area contributed by atoms with Gasteiger partial charge in [0.1, 0.15) is 17.3 Å². The van der Waals surface area contributed by atoms with E-state index in [-0.39, 0.29) is 53.6 Å². The maximum Gasteiger partial charge on any atom is 0.329 e. The van der Waals surface area contributed by atoms with Crippen molar-refractivity contribution in [2.24, 2.45) is 0 Å². The largest absolute Gasteiger partial charge is 0.493 e. The molecule has 17 heteroatoms. The molecule has 4 aromatic carbocycles. The van der Waals surface area contributed by atoms with E-state index in [1.165, 1.54) is 18.1 Å². The van der Waals surface area contributed by atoms with Crippen molar-refractivity contribution in [3.8, 4) is 29.1 Å². The normalized spacial score (nSPS) is 16.9. The van der Waals surface area contributed by atoms with Crippen LogP contribution in [-0.2, 0) is 4.79 Å². The van der Waals surface area contributed by atoms with Crippen molar-refractivity contribution in [3.05, 3.63) is 106 Å². The number of benzene rings is 4. The van der Waals surface area contributed by atoms with E-state index < -0.39 is 35.4 Å². The summed E-state index contributed by atoms with van der Waals surface area (Å²) < 4.78 is 48.8. The average Bonchev–Trinajstić information content (AvgIpc) is 3.33. The summed E-state index contributed by atoms with van der Waals surface area (Å²) in [6.45, 7) is 4.97. The van der Waals surface area contributed by atoms with Gasteiger partial charge in [0, 0.05) is 88.1 Å². The van der Waals surface area contributed by atoms with Gasteiger partial charge in [-0.1, -0.05) is 18.2 Å². The molecule has 0 radical (unpaired) electrons. The summed E-state index contributed by atoms with van der Waals surface area (Å²) in [5.74, 6) is -0.145. The predicted octanol–water partition coefficient (Wildman–Crippen LogP) is 8.06. The standard InChI is InChI=1S/C50H56F2N8O7/c1-5-66-45-27-34(8-13-43(45)65-4)42(14-20-53)57(3)48(63)38-12-9-36(26-35(38)30-61)59-24-18-50(52,19-25-59)31-58-21-15-33(16-22-58)32-6-10-37(11-7-32)67-44-29-41(55-2)39(28-40(44)51)47(54)60-23-17-46(62)56-49(60)64/h6-13,26-30,33,42,54-55H,5,14-19,21-25,31H2,1-4H3,(H,56,62,64). The van der Waals surface area contributed by atoms with Crippen molar-refractivity contribution in [3.63, 3.8) is 0 Å². The number of anilines is 2. The summed E-state index contributed by atoms with van der Waals surface area (Å²) in [6, 6.07) is 21.3. The molecule has 3 fully saturated rings. The molecule has 3 aliphatic heterocycles. The second-order valence-corrected chi connectivity index (χ2v) is 17.1. The zero-order chi connectivity index (χ0) is 47.8. The van der Waals surface area contributed by atoms with Crippen LogP contribution >= 0.6 is 0 Å². The molecular formula is C50H56F2N8O7. The lowest BCUT2D eigenvalue weighted by Gasteiger charge is -2.42. The molecule has 0 spiro atoms. The number of methoxy groups -OCH3 is 1. The molecule has 4 aromatic rings. The Kier molecular flexibility index (Phi) is 15.0. The molecule has 0 aromatic heterocycles. The van der Waals surface area contributed by atoms with Gasteiger partial charge >= 0.3 is 6.03 Å². The van der Waals surface area contributed by atoms with Crippen molar-refractivity contribution in [1.29, 1.82) is 10.7 Å². The highest BCUT2D eigenvalue weighted by Gasteiger charge is 2.38. The Morgan fingerprint density at radius 2 is 1.73 bits per heavy atom. The van der Waals surface area contributed by atoms with Crippen LogP contribution in [0.1, 0.15) is 94.8 Å². The fourth-order valence-electron chi connectivity index (χ4n) is 9.15. The Bertz CT molecular complexity index is 2530. The molecule has 3 saturated heterocycles. The van der Waals surface area contributed by atoms with E-state index in [4.69, 9.17) is 19.6 Å². The van der Waals surface area contributed by atoms with E-state index in [2.05, 4.69) is 21.6 Å². The van der Waals surface area contributed by atoms with Crippen molar-refractivity contribution < 1.29 is 42.2 Å². The molecular weight excluding hydrogens is 863 g/mol. The van der Waals surface area contributed by atoms with Gasteiger partial charge in [-0.05, 0) is 98.4 Å². The van der Waals surface area contributed by atoms with Crippen molar-refractivity contribution in [2.45, 2.75) is 63.1 Å². The highest BCUT2D eigenvalue weighted by Crippen LogP contribution is 2.38. The quantitative estimate of drug-likeness (QED) is 0.0562. The van der Waals surface area contributed by atoms with Crippen LogP contribution in [0.5, 0.6) is 23.0 Å². The first-order chi connectivity index (χ1) is 32.3. The minimum Gasteiger partial charge on any atom is -0.493 e. The fourth-order valence-corrected chi connectivity index (χ4v) is 9.15. The van der Waals surface area contributed by atoms with E-state index in [1.54, 1.807) is 62.6 Å². The lowest BCUT2D eigenvalue weighted by Crippen LogP contribution is -2.52. The van der Waals surface area contributed by atoms with Gasteiger partial charge in [0.05, 0.1) is 37.8 Å². The molecule has 7 rings (SSSR count). The number of halogens is 2. The molecule has 3 heterocycles. The number of ether oxygens (including phenoxy) is 3. The van der Waals surface area contributed by atoms with E-state index >= 15 is 8.78 Å². The second-order valence-electron chi connectivity index (χ2n) is 17.1. The smallest absolute Gasteiger partial charge is 0.329 e. The number of urea groups is 1. The molecule has 0 saturated carbocycles. The second kappa shape index (κ2) is 21.1. The van der Waals surface area contributed by atoms with Crippen LogP contribution in [0.3, 0.4) is 0 Å². The molecule has 1 unspecified atom stereocenters. The Hall–Kier alpha value is -7.06. The lowest BCUT2D eigenvalue weighted by atomic mass is 9.87. The lowest BCUT2D eigenvalue weighted by molar-refractivity contribution is -0.121. The Balaban J connectivity index is 0.906. The zero-order valence-electron chi connectivity index (χ0n) is 38.2. The minimum atomic E-state index is -1.38. The Labute approximate surface area is 389 Å². The highest BCUT2D eigenvalue weighted by molar-refractivity contribution is 6.12. The molecule has 0 bridgehead atoms. The average molecular weight is 919 g/mol. The number of imide groups is 1. The van der Waals surface area contributed by atoms with Gasteiger partial charge in [-0.25, -0.2) is 13.6 Å². The van der Waals surface area contributed by atoms with Gasteiger partial charge in [0.15, 0.2) is 29.4 Å². The summed E-state index contributed by atoms with van der Waals surface area (Å²) in [4.78, 5) is 56.9. The number of hydrogen-bond donors (Lipinski definition) is 3. The molecule has 15 nitrogen and oxygen atoms in total. The highest BCUT2D eigenvalue weighted by atomic mass is 19.1. The van der Waals surface area contributed by atoms with E-state index in [1.807, 2.05) is 24.0 Å². The molecule has 4 amide bonds. The number of likely N-dealkylation sites (tertiary alicyclic amines) is 1. The summed E-state index contributed by atoms with van der Waals surface area (Å²) >= 11 is 0. The number of nitrogens with one attached hydrogen (secondary N) is 3. The molecule has 3 N–H and O–H groups in total. The summed E-state index contributed by atoms with van der Waals surface area (Å²) in [6.07, 6.45) is 3.03. The number of nitriles is 1. The monoisotopic (exact) mass is 918 g/mol. The number of rotatable bonds is 16. The van der Waals surface area contributed by atoms with Crippen LogP contribution in [0.15, 0.2) is 72.8 Å². The maximum atomic E-state index is 16.4. The number of carbonyl (C=O) groups is 4. The van der Waals surface area contributed by atoms with Crippen LogP contribution < -0.4 is 29.7 Å². The summed E-state index contributed by atoms with van der Waals surface area (Å²) in [7, 11) is 4.76. The molecule has 352 valence electrons. The number of amidine groups is 1. The molecule has 0 aliphatic carbocycles. The Morgan fingerprint density at radius 3 is 2.37 bits per heavy atom. The number of hydrogen-bond acceptors (Lipinski definition) is 12. The van der Waals surface area contributed by atoms with Gasteiger partial charge in [0.2, 0.25) is 5.91 Å². The van der Waals surface area contributed by atoms with E-state index in [0.29, 0.717) is 73.9 Å². The van der Waals surface area contributed by atoms with Gasteiger partial charge in [-0.3, -0.25) is 30.0 Å². The van der Waals surface area contributed by atoms with E-state index in [0.717, 1.165) is 48.1 Å². The van der Waals surface area contributed by atoms with Gasteiger partial charge in [-0.2, -0.15) is 5.26 Å². The molecule has 3 aliphatic rings. The van der Waals surface area contributed by atoms with Crippen LogP contribution in [0, 0.1) is 22.6 Å². The maximum absolute atomic E-state index is 16.4. The molecule has 67 heavy (non-hydrogen) atoms. The fraction of sp³-hybridized carbons (Fsp3) is 0.400. The summed E-state index contributed by atoms with van der Waals surface area (Å²) in [5.41, 5.74) is 2.10. The minimum absolute atomic E-state index is 0.0149. The third kappa shape index (κ3) is 10.8.